The van der Waals surface area contributed by atoms with Gasteiger partial charge in [-0.05, 0) is 49.2 Å². The van der Waals surface area contributed by atoms with Crippen molar-refractivity contribution in [2.24, 2.45) is 0 Å². The number of benzene rings is 2. The molecule has 22 heavy (non-hydrogen) atoms. The minimum Gasteiger partial charge on any atom is -0.478 e. The van der Waals surface area contributed by atoms with E-state index in [-0.39, 0.29) is 16.1 Å². The number of carboxylic acids is 1. The lowest BCUT2D eigenvalue weighted by atomic mass is 10.1. The lowest BCUT2D eigenvalue weighted by Gasteiger charge is -2.13. The van der Waals surface area contributed by atoms with Gasteiger partial charge in [0.25, 0.3) is 10.0 Å². The molecule has 0 saturated carbocycles. The summed E-state index contributed by atoms with van der Waals surface area (Å²) in [6.07, 6.45) is 0. The molecule has 0 saturated heterocycles. The molecule has 5 nitrogen and oxygen atoms in total. The zero-order chi connectivity index (χ0) is 16.5. The molecule has 0 atom stereocenters. The Kier molecular flexibility index (Phi) is 4.58. The maximum absolute atomic E-state index is 12.5. The van der Waals surface area contributed by atoms with Gasteiger partial charge in [0, 0.05) is 4.47 Å². The predicted octanol–water partition coefficient (Wildman–Crippen LogP) is 3.56. The van der Waals surface area contributed by atoms with Gasteiger partial charge in [0.15, 0.2) is 0 Å². The van der Waals surface area contributed by atoms with Gasteiger partial charge in [-0.15, -0.1) is 0 Å². The molecule has 0 heterocycles. The number of anilines is 1. The molecule has 116 valence electrons. The third kappa shape index (κ3) is 3.48. The van der Waals surface area contributed by atoms with Gasteiger partial charge >= 0.3 is 5.97 Å². The fourth-order valence-corrected chi connectivity index (χ4v) is 3.83. The van der Waals surface area contributed by atoms with E-state index < -0.39 is 16.0 Å². The maximum atomic E-state index is 12.5. The third-order valence-corrected chi connectivity index (χ3v) is 5.17. The zero-order valence-electron chi connectivity index (χ0n) is 11.9. The minimum absolute atomic E-state index is 0.0225. The van der Waals surface area contributed by atoms with Crippen LogP contribution in [0.3, 0.4) is 0 Å². The van der Waals surface area contributed by atoms with Crippen LogP contribution in [0.5, 0.6) is 0 Å². The van der Waals surface area contributed by atoms with Gasteiger partial charge in [-0.3, -0.25) is 4.72 Å². The highest BCUT2D eigenvalue weighted by Crippen LogP contribution is 2.25. The highest BCUT2D eigenvalue weighted by atomic mass is 79.9. The molecule has 2 N–H and O–H groups in total. The molecule has 0 spiro atoms. The van der Waals surface area contributed by atoms with Crippen LogP contribution in [0.4, 0.5) is 5.69 Å². The van der Waals surface area contributed by atoms with Gasteiger partial charge in [0.1, 0.15) is 0 Å². The van der Waals surface area contributed by atoms with Gasteiger partial charge in [0.05, 0.1) is 16.1 Å². The standard InChI is InChI=1S/C15H14BrNO4S/c1-9-3-5-11(15(18)19)7-13(9)17-22(20,21)14-8-12(16)6-4-10(14)2/h3-8,17H,1-2H3,(H,18,19). The molecular weight excluding hydrogens is 370 g/mol. The second-order valence-electron chi connectivity index (χ2n) is 4.85. The Hall–Kier alpha value is -1.86. The second-order valence-corrected chi connectivity index (χ2v) is 7.42. The first-order chi connectivity index (χ1) is 10.2. The number of carbonyl (C=O) groups is 1. The van der Waals surface area contributed by atoms with Crippen LogP contribution in [-0.2, 0) is 10.0 Å². The van der Waals surface area contributed by atoms with Crippen molar-refractivity contribution in [3.63, 3.8) is 0 Å². The van der Waals surface area contributed by atoms with Crippen molar-refractivity contribution >= 4 is 37.6 Å². The number of hydrogen-bond acceptors (Lipinski definition) is 3. The van der Waals surface area contributed by atoms with E-state index >= 15 is 0 Å². The summed E-state index contributed by atoms with van der Waals surface area (Å²) >= 11 is 3.25. The highest BCUT2D eigenvalue weighted by Gasteiger charge is 2.19. The van der Waals surface area contributed by atoms with Crippen molar-refractivity contribution in [1.82, 2.24) is 0 Å². The van der Waals surface area contributed by atoms with Crippen molar-refractivity contribution in [3.05, 3.63) is 57.6 Å². The van der Waals surface area contributed by atoms with Gasteiger partial charge in [-0.1, -0.05) is 28.1 Å². The average Bonchev–Trinajstić information content (AvgIpc) is 2.43. The number of halogens is 1. The summed E-state index contributed by atoms with van der Waals surface area (Å²) in [5, 5.41) is 9.01. The molecular formula is C15H14BrNO4S. The lowest BCUT2D eigenvalue weighted by Crippen LogP contribution is -2.15. The van der Waals surface area contributed by atoms with Crippen molar-refractivity contribution in [2.75, 3.05) is 4.72 Å². The summed E-state index contributed by atoms with van der Waals surface area (Å²) in [5.74, 6) is -1.11. The van der Waals surface area contributed by atoms with E-state index in [1.165, 1.54) is 18.2 Å². The molecule has 7 heteroatoms. The first-order valence-electron chi connectivity index (χ1n) is 6.33. The molecule has 0 radical (unpaired) electrons. The van der Waals surface area contributed by atoms with E-state index in [4.69, 9.17) is 5.11 Å². The summed E-state index contributed by atoms with van der Waals surface area (Å²) < 4.78 is 28.2. The van der Waals surface area contributed by atoms with E-state index in [9.17, 15) is 13.2 Å². The van der Waals surface area contributed by atoms with Gasteiger partial charge in [-0.25, -0.2) is 13.2 Å². The van der Waals surface area contributed by atoms with Crippen LogP contribution < -0.4 is 4.72 Å². The van der Waals surface area contributed by atoms with Crippen molar-refractivity contribution in [2.45, 2.75) is 18.7 Å². The SMILES string of the molecule is Cc1ccc(C(=O)O)cc1NS(=O)(=O)c1cc(Br)ccc1C. The topological polar surface area (TPSA) is 83.5 Å². The summed E-state index contributed by atoms with van der Waals surface area (Å²) in [6, 6.07) is 9.26. The van der Waals surface area contributed by atoms with Crippen LogP contribution in [-0.4, -0.2) is 19.5 Å². The van der Waals surface area contributed by atoms with Crippen LogP contribution in [0.1, 0.15) is 21.5 Å². The summed E-state index contributed by atoms with van der Waals surface area (Å²) in [4.78, 5) is 11.2. The summed E-state index contributed by atoms with van der Waals surface area (Å²) in [5.41, 5.74) is 1.51. The number of sulfonamides is 1. The average molecular weight is 384 g/mol. The van der Waals surface area contributed by atoms with E-state index in [0.29, 0.717) is 15.6 Å². The fourth-order valence-electron chi connectivity index (χ4n) is 1.93. The number of aromatic carboxylic acids is 1. The molecule has 0 fully saturated rings. The molecule has 2 aromatic carbocycles. The Labute approximate surface area is 137 Å². The molecule has 0 amide bonds. The van der Waals surface area contributed by atoms with E-state index in [1.54, 1.807) is 32.0 Å². The normalized spacial score (nSPS) is 11.2. The third-order valence-electron chi connectivity index (χ3n) is 3.17. The van der Waals surface area contributed by atoms with Crippen LogP contribution >= 0.6 is 15.9 Å². The van der Waals surface area contributed by atoms with E-state index in [0.717, 1.165) is 0 Å². The first kappa shape index (κ1) is 16.5. The Morgan fingerprint density at radius 1 is 1.09 bits per heavy atom. The Morgan fingerprint density at radius 3 is 2.36 bits per heavy atom. The molecule has 2 rings (SSSR count). The smallest absolute Gasteiger partial charge is 0.335 e. The molecule has 0 aliphatic carbocycles. The first-order valence-corrected chi connectivity index (χ1v) is 8.61. The Bertz CT molecular complexity index is 847. The number of nitrogens with one attached hydrogen (secondary N) is 1. The van der Waals surface area contributed by atoms with Crippen LogP contribution in [0, 0.1) is 13.8 Å². The fraction of sp³-hybridized carbons (Fsp3) is 0.133. The number of rotatable bonds is 4. The monoisotopic (exact) mass is 383 g/mol. The van der Waals surface area contributed by atoms with Crippen LogP contribution in [0.25, 0.3) is 0 Å². The van der Waals surface area contributed by atoms with Gasteiger partial charge in [-0.2, -0.15) is 0 Å². The molecule has 0 aliphatic heterocycles. The zero-order valence-corrected chi connectivity index (χ0v) is 14.3. The predicted molar refractivity (Wildman–Crippen MR) is 87.8 cm³/mol. The number of hydrogen-bond donors (Lipinski definition) is 2. The van der Waals surface area contributed by atoms with E-state index in [2.05, 4.69) is 20.7 Å². The van der Waals surface area contributed by atoms with Gasteiger partial charge < -0.3 is 5.11 Å². The van der Waals surface area contributed by atoms with E-state index in [1.807, 2.05) is 0 Å². The molecule has 0 aliphatic rings. The van der Waals surface area contributed by atoms with Gasteiger partial charge in [0.2, 0.25) is 0 Å². The number of aryl methyl sites for hydroxylation is 2. The van der Waals surface area contributed by atoms with Crippen LogP contribution in [0.15, 0.2) is 45.8 Å². The number of carboxylic acid groups (broad SMARTS) is 1. The van der Waals surface area contributed by atoms with Crippen molar-refractivity contribution in [1.29, 1.82) is 0 Å². The molecule has 0 aromatic heterocycles. The molecule has 2 aromatic rings. The van der Waals surface area contributed by atoms with Crippen molar-refractivity contribution < 1.29 is 18.3 Å². The molecule has 0 unspecified atom stereocenters. The Morgan fingerprint density at radius 2 is 1.73 bits per heavy atom. The molecule has 0 bridgehead atoms. The lowest BCUT2D eigenvalue weighted by molar-refractivity contribution is 0.0697. The highest BCUT2D eigenvalue weighted by molar-refractivity contribution is 9.10. The van der Waals surface area contributed by atoms with Crippen molar-refractivity contribution in [3.8, 4) is 0 Å². The maximum Gasteiger partial charge on any atom is 0.335 e. The largest absolute Gasteiger partial charge is 0.478 e. The van der Waals surface area contributed by atoms with Crippen LogP contribution in [0.2, 0.25) is 0 Å². The quantitative estimate of drug-likeness (QED) is 0.844. The summed E-state index contributed by atoms with van der Waals surface area (Å²) in [7, 11) is -3.80. The second kappa shape index (κ2) is 6.10. The Balaban J connectivity index is 2.47. The minimum atomic E-state index is -3.80. The summed E-state index contributed by atoms with van der Waals surface area (Å²) in [6.45, 7) is 3.40.